The van der Waals surface area contributed by atoms with E-state index in [-0.39, 0.29) is 0 Å². The minimum atomic E-state index is -2.87. The van der Waals surface area contributed by atoms with Crippen molar-refractivity contribution in [1.82, 2.24) is 0 Å². The molecule has 4 heteroatoms. The maximum absolute atomic E-state index is 12.8. The Balaban J connectivity index is 2.69. The Hall–Kier alpha value is -0.610. The fraction of sp³-hybridized carbons (Fsp3) is 0.333. The van der Waals surface area contributed by atoms with Gasteiger partial charge in [-0.3, -0.25) is 0 Å². The molecule has 0 amide bonds. The highest BCUT2D eigenvalue weighted by Crippen LogP contribution is 2.34. The molecule has 0 saturated heterocycles. The van der Waals surface area contributed by atoms with Crippen molar-refractivity contribution in [2.45, 2.75) is 17.1 Å². The van der Waals surface area contributed by atoms with E-state index in [0.717, 1.165) is 5.56 Å². The van der Waals surface area contributed by atoms with E-state index in [1.54, 1.807) is 24.3 Å². The number of nitrogens with two attached hydrogens (primary N) is 1. The van der Waals surface area contributed by atoms with Gasteiger partial charge in [0.05, 0.1) is 6.54 Å². The van der Waals surface area contributed by atoms with Gasteiger partial charge in [-0.2, -0.15) is 8.78 Å². The molecule has 0 saturated carbocycles. The fourth-order valence-corrected chi connectivity index (χ4v) is 1.52. The van der Waals surface area contributed by atoms with Crippen LogP contribution in [0.1, 0.15) is 5.56 Å². The number of alkyl halides is 2. The third kappa shape index (κ3) is 3.32. The molecular formula is C9H11F2NS. The van der Waals surface area contributed by atoms with Gasteiger partial charge >= 0.3 is 5.25 Å². The molecule has 0 aliphatic heterocycles. The summed E-state index contributed by atoms with van der Waals surface area (Å²) in [5.41, 5.74) is 5.97. The molecule has 1 aromatic rings. The van der Waals surface area contributed by atoms with Gasteiger partial charge in [0.2, 0.25) is 0 Å². The van der Waals surface area contributed by atoms with Crippen molar-refractivity contribution in [2.75, 3.05) is 6.54 Å². The van der Waals surface area contributed by atoms with Gasteiger partial charge in [-0.15, -0.1) is 0 Å². The molecule has 0 aliphatic rings. The first-order valence-corrected chi connectivity index (χ1v) is 4.69. The number of rotatable bonds is 3. The SMILES string of the molecule is Cc1ccc(SC(F)(F)CN)cc1. The van der Waals surface area contributed by atoms with Crippen molar-refractivity contribution < 1.29 is 8.78 Å². The summed E-state index contributed by atoms with van der Waals surface area (Å²) in [7, 11) is 0. The average Bonchev–Trinajstić information content (AvgIpc) is 2.09. The van der Waals surface area contributed by atoms with Crippen LogP contribution in [0.15, 0.2) is 29.2 Å². The molecule has 1 nitrogen and oxygen atoms in total. The summed E-state index contributed by atoms with van der Waals surface area (Å²) in [6.07, 6.45) is 0. The predicted octanol–water partition coefficient (Wildman–Crippen LogP) is 2.64. The summed E-state index contributed by atoms with van der Waals surface area (Å²) < 4.78 is 25.6. The minimum absolute atomic E-state index is 0.496. The van der Waals surface area contributed by atoms with E-state index in [1.165, 1.54) is 0 Å². The molecule has 72 valence electrons. The van der Waals surface area contributed by atoms with E-state index in [1.807, 2.05) is 6.92 Å². The van der Waals surface area contributed by atoms with Crippen LogP contribution in [-0.2, 0) is 0 Å². The second-order valence-corrected chi connectivity index (χ2v) is 4.03. The molecule has 0 aromatic heterocycles. The van der Waals surface area contributed by atoms with Crippen LogP contribution in [0.4, 0.5) is 8.78 Å². The van der Waals surface area contributed by atoms with Crippen molar-refractivity contribution in [3.8, 4) is 0 Å². The van der Waals surface area contributed by atoms with Crippen LogP contribution in [0.25, 0.3) is 0 Å². The molecule has 1 aromatic carbocycles. The number of benzene rings is 1. The molecule has 0 spiro atoms. The Bertz CT molecular complexity index is 271. The van der Waals surface area contributed by atoms with Gasteiger partial charge in [0.15, 0.2) is 0 Å². The molecule has 2 N–H and O–H groups in total. The van der Waals surface area contributed by atoms with Crippen LogP contribution < -0.4 is 5.73 Å². The van der Waals surface area contributed by atoms with E-state index in [9.17, 15) is 8.78 Å². The second-order valence-electron chi connectivity index (χ2n) is 2.76. The Morgan fingerprint density at radius 2 is 1.85 bits per heavy atom. The van der Waals surface area contributed by atoms with E-state index in [0.29, 0.717) is 16.7 Å². The van der Waals surface area contributed by atoms with Gasteiger partial charge in [-0.05, 0) is 19.1 Å². The highest BCUT2D eigenvalue weighted by atomic mass is 32.2. The molecule has 0 aliphatic carbocycles. The lowest BCUT2D eigenvalue weighted by molar-refractivity contribution is 0.116. The number of aryl methyl sites for hydroxylation is 1. The van der Waals surface area contributed by atoms with Crippen LogP contribution in [0.2, 0.25) is 0 Å². The fourth-order valence-electron chi connectivity index (χ4n) is 0.820. The first-order valence-electron chi connectivity index (χ1n) is 3.87. The molecule has 0 heterocycles. The summed E-state index contributed by atoms with van der Waals surface area (Å²) in [6, 6.07) is 6.94. The zero-order valence-electron chi connectivity index (χ0n) is 7.26. The average molecular weight is 203 g/mol. The zero-order valence-corrected chi connectivity index (χ0v) is 8.07. The first-order chi connectivity index (χ1) is 6.03. The largest absolute Gasteiger partial charge is 0.324 e. The van der Waals surface area contributed by atoms with Gasteiger partial charge in [0, 0.05) is 4.90 Å². The Morgan fingerprint density at radius 1 is 1.31 bits per heavy atom. The smallest absolute Gasteiger partial charge is 0.310 e. The van der Waals surface area contributed by atoms with E-state index < -0.39 is 11.8 Å². The van der Waals surface area contributed by atoms with Gasteiger partial charge in [-0.1, -0.05) is 29.5 Å². The Morgan fingerprint density at radius 3 is 2.31 bits per heavy atom. The number of hydrogen-bond acceptors (Lipinski definition) is 2. The van der Waals surface area contributed by atoms with E-state index in [4.69, 9.17) is 5.73 Å². The molecule has 1 rings (SSSR count). The first kappa shape index (κ1) is 10.5. The summed E-state index contributed by atoms with van der Waals surface area (Å²) in [4.78, 5) is 0.543. The Labute approximate surface area is 80.3 Å². The van der Waals surface area contributed by atoms with Crippen molar-refractivity contribution >= 4 is 11.8 Å². The van der Waals surface area contributed by atoms with Crippen molar-refractivity contribution in [1.29, 1.82) is 0 Å². The monoisotopic (exact) mass is 203 g/mol. The number of thioether (sulfide) groups is 1. The van der Waals surface area contributed by atoms with Gasteiger partial charge in [0.1, 0.15) is 0 Å². The lowest BCUT2D eigenvalue weighted by Gasteiger charge is -2.12. The molecule has 0 bridgehead atoms. The van der Waals surface area contributed by atoms with Gasteiger partial charge in [0.25, 0.3) is 0 Å². The number of hydrogen-bond donors (Lipinski definition) is 1. The Kier molecular flexibility index (Phi) is 3.27. The molecule has 0 atom stereocenters. The standard InChI is InChI=1S/C9H11F2NS/c1-7-2-4-8(5-3-7)13-9(10,11)6-12/h2-5H,6,12H2,1H3. The quantitative estimate of drug-likeness (QED) is 0.764. The van der Waals surface area contributed by atoms with Crippen molar-refractivity contribution in [2.24, 2.45) is 5.73 Å². The third-order valence-electron chi connectivity index (χ3n) is 1.53. The van der Waals surface area contributed by atoms with Gasteiger partial charge in [-0.25, -0.2) is 0 Å². The topological polar surface area (TPSA) is 26.0 Å². The molecule has 13 heavy (non-hydrogen) atoms. The van der Waals surface area contributed by atoms with Crippen LogP contribution in [0.3, 0.4) is 0 Å². The van der Waals surface area contributed by atoms with Crippen molar-refractivity contribution in [3.05, 3.63) is 29.8 Å². The van der Waals surface area contributed by atoms with Crippen LogP contribution in [-0.4, -0.2) is 11.8 Å². The van der Waals surface area contributed by atoms with E-state index >= 15 is 0 Å². The predicted molar refractivity (Wildman–Crippen MR) is 51.0 cm³/mol. The van der Waals surface area contributed by atoms with Crippen LogP contribution in [0, 0.1) is 6.92 Å². The highest BCUT2D eigenvalue weighted by Gasteiger charge is 2.27. The summed E-state index contributed by atoms with van der Waals surface area (Å²) in [5, 5.41) is -2.87. The summed E-state index contributed by atoms with van der Waals surface area (Å²) in [5.74, 6) is 0. The van der Waals surface area contributed by atoms with Gasteiger partial charge < -0.3 is 5.73 Å². The second kappa shape index (κ2) is 4.07. The van der Waals surface area contributed by atoms with Crippen molar-refractivity contribution in [3.63, 3.8) is 0 Å². The lowest BCUT2D eigenvalue weighted by Crippen LogP contribution is -2.23. The van der Waals surface area contributed by atoms with Crippen LogP contribution >= 0.6 is 11.8 Å². The molecule has 0 radical (unpaired) electrons. The molecule has 0 unspecified atom stereocenters. The molecular weight excluding hydrogens is 192 g/mol. The molecule has 0 fully saturated rings. The normalized spacial score (nSPS) is 11.7. The third-order valence-corrected chi connectivity index (χ3v) is 2.50. The highest BCUT2D eigenvalue weighted by molar-refractivity contribution is 8.00. The van der Waals surface area contributed by atoms with E-state index in [2.05, 4.69) is 0 Å². The maximum atomic E-state index is 12.8. The number of halogens is 2. The van der Waals surface area contributed by atoms with Crippen LogP contribution in [0.5, 0.6) is 0 Å². The summed E-state index contributed by atoms with van der Waals surface area (Å²) in [6.45, 7) is 1.28. The minimum Gasteiger partial charge on any atom is -0.324 e. The lowest BCUT2D eigenvalue weighted by atomic mass is 10.2. The summed E-state index contributed by atoms with van der Waals surface area (Å²) >= 11 is 0.496. The maximum Gasteiger partial charge on any atom is 0.310 e. The zero-order chi connectivity index (χ0) is 9.90.